The van der Waals surface area contributed by atoms with Crippen LogP contribution in [-0.4, -0.2) is 54.6 Å². The zero-order chi connectivity index (χ0) is 20.9. The molecule has 1 unspecified atom stereocenters. The van der Waals surface area contributed by atoms with Gasteiger partial charge >= 0.3 is 0 Å². The summed E-state index contributed by atoms with van der Waals surface area (Å²) in [5.74, 6) is 1.63. The molecule has 7 heteroatoms. The number of benzene rings is 1. The molecule has 0 bridgehead atoms. The van der Waals surface area contributed by atoms with E-state index in [1.165, 1.54) is 17.0 Å². The maximum atomic E-state index is 12.4. The Labute approximate surface area is 181 Å². The lowest BCUT2D eigenvalue weighted by Gasteiger charge is -2.39. The number of furan rings is 1. The Morgan fingerprint density at radius 1 is 1.17 bits per heavy atom. The molecule has 1 N–H and O–H groups in total. The minimum Gasteiger partial charge on any atom is -0.459 e. The van der Waals surface area contributed by atoms with Crippen LogP contribution in [0.15, 0.2) is 52.3 Å². The number of rotatable bonds is 7. The molecule has 1 aromatic carbocycles. The van der Waals surface area contributed by atoms with Gasteiger partial charge in [-0.2, -0.15) is 0 Å². The number of anilines is 1. The van der Waals surface area contributed by atoms with Crippen LogP contribution < -0.4 is 10.2 Å². The normalized spacial score (nSPS) is 15.9. The van der Waals surface area contributed by atoms with Crippen LogP contribution in [0.4, 0.5) is 5.69 Å². The van der Waals surface area contributed by atoms with Crippen LogP contribution in [0.3, 0.4) is 0 Å². The number of nitrogens with one attached hydrogen (secondary N) is 1. The Morgan fingerprint density at radius 2 is 1.93 bits per heavy atom. The molecule has 1 saturated heterocycles. The fraction of sp³-hybridized carbons (Fsp3) is 0.391. The number of carbonyl (C=O) groups excluding carboxylic acids is 1. The van der Waals surface area contributed by atoms with E-state index < -0.39 is 0 Å². The van der Waals surface area contributed by atoms with E-state index in [-0.39, 0.29) is 5.91 Å². The molecule has 0 spiro atoms. The summed E-state index contributed by atoms with van der Waals surface area (Å²) >= 11 is 1.51. The van der Waals surface area contributed by atoms with Crippen molar-refractivity contribution in [2.45, 2.75) is 26.3 Å². The van der Waals surface area contributed by atoms with Crippen LogP contribution in [-0.2, 0) is 11.2 Å². The minimum atomic E-state index is 0.0113. The van der Waals surface area contributed by atoms with Gasteiger partial charge in [0.15, 0.2) is 10.8 Å². The summed E-state index contributed by atoms with van der Waals surface area (Å²) in [5, 5.41) is 5.82. The number of aryl methyl sites for hydroxylation is 1. The van der Waals surface area contributed by atoms with Gasteiger partial charge in [0.05, 0.1) is 12.1 Å². The molecule has 30 heavy (non-hydrogen) atoms. The molecule has 1 amide bonds. The van der Waals surface area contributed by atoms with Gasteiger partial charge in [0.25, 0.3) is 0 Å². The van der Waals surface area contributed by atoms with Crippen molar-refractivity contribution in [3.05, 3.63) is 59.3 Å². The fourth-order valence-electron chi connectivity index (χ4n) is 3.73. The van der Waals surface area contributed by atoms with Crippen LogP contribution in [0.1, 0.15) is 18.4 Å². The smallest absolute Gasteiger partial charge is 0.226 e. The van der Waals surface area contributed by atoms with E-state index >= 15 is 0 Å². The summed E-state index contributed by atoms with van der Waals surface area (Å²) in [5.41, 5.74) is 2.07. The van der Waals surface area contributed by atoms with Gasteiger partial charge in [-0.15, -0.1) is 11.3 Å². The molecule has 3 aromatic rings. The highest BCUT2D eigenvalue weighted by atomic mass is 32.1. The lowest BCUT2D eigenvalue weighted by molar-refractivity contribution is -0.120. The molecule has 0 radical (unpaired) electrons. The highest BCUT2D eigenvalue weighted by Gasteiger charge is 2.21. The van der Waals surface area contributed by atoms with Crippen molar-refractivity contribution in [3.8, 4) is 10.8 Å². The van der Waals surface area contributed by atoms with Crippen LogP contribution in [0.5, 0.6) is 0 Å². The van der Waals surface area contributed by atoms with Gasteiger partial charge in [-0.25, -0.2) is 4.98 Å². The van der Waals surface area contributed by atoms with Crippen LogP contribution in [0.25, 0.3) is 10.8 Å². The topological polar surface area (TPSA) is 61.6 Å². The van der Waals surface area contributed by atoms with Gasteiger partial charge in [-0.3, -0.25) is 9.69 Å². The van der Waals surface area contributed by atoms with Crippen LogP contribution >= 0.6 is 11.3 Å². The maximum Gasteiger partial charge on any atom is 0.226 e. The lowest BCUT2D eigenvalue weighted by atomic mass is 10.2. The average molecular weight is 425 g/mol. The third kappa shape index (κ3) is 5.09. The third-order valence-corrected chi connectivity index (χ3v) is 6.40. The average Bonchev–Trinajstić information content (AvgIpc) is 3.41. The highest BCUT2D eigenvalue weighted by molar-refractivity contribution is 7.13. The van der Waals surface area contributed by atoms with E-state index in [9.17, 15) is 4.79 Å². The molecule has 3 heterocycles. The summed E-state index contributed by atoms with van der Waals surface area (Å²) < 4.78 is 5.61. The zero-order valence-corrected chi connectivity index (χ0v) is 18.3. The van der Waals surface area contributed by atoms with Gasteiger partial charge < -0.3 is 14.6 Å². The maximum absolute atomic E-state index is 12.4. The number of para-hydroxylation sites is 1. The second-order valence-electron chi connectivity index (χ2n) is 7.74. The van der Waals surface area contributed by atoms with E-state index in [4.69, 9.17) is 4.42 Å². The Morgan fingerprint density at radius 3 is 2.63 bits per heavy atom. The van der Waals surface area contributed by atoms with E-state index in [0.29, 0.717) is 19.0 Å². The molecule has 6 nitrogen and oxygen atoms in total. The van der Waals surface area contributed by atoms with Gasteiger partial charge in [-0.05, 0) is 38.1 Å². The first-order chi connectivity index (χ1) is 14.6. The number of hydrogen-bond donors (Lipinski definition) is 1. The highest BCUT2D eigenvalue weighted by Crippen LogP contribution is 2.25. The molecular weight excluding hydrogens is 396 g/mol. The predicted octanol–water partition coefficient (Wildman–Crippen LogP) is 3.58. The zero-order valence-electron chi connectivity index (χ0n) is 17.5. The molecular formula is C23H28N4O2S. The lowest BCUT2D eigenvalue weighted by Crippen LogP contribution is -2.52. The van der Waals surface area contributed by atoms with E-state index in [1.807, 2.05) is 24.4 Å². The molecule has 0 aliphatic carbocycles. The van der Waals surface area contributed by atoms with E-state index in [0.717, 1.165) is 48.4 Å². The molecule has 4 rings (SSSR count). The van der Waals surface area contributed by atoms with Gasteiger partial charge in [0.1, 0.15) is 5.76 Å². The molecule has 158 valence electrons. The number of nitrogens with zero attached hydrogens (tertiary/aromatic N) is 3. The second-order valence-corrected chi connectivity index (χ2v) is 8.60. The summed E-state index contributed by atoms with van der Waals surface area (Å²) in [4.78, 5) is 21.8. The van der Waals surface area contributed by atoms with Gasteiger partial charge in [0, 0.05) is 49.8 Å². The van der Waals surface area contributed by atoms with Crippen molar-refractivity contribution in [1.82, 2.24) is 15.2 Å². The Hall–Kier alpha value is -2.64. The number of hydrogen-bond acceptors (Lipinski definition) is 6. The van der Waals surface area contributed by atoms with Crippen LogP contribution in [0, 0.1) is 6.92 Å². The third-order valence-electron chi connectivity index (χ3n) is 5.50. The van der Waals surface area contributed by atoms with Crippen molar-refractivity contribution < 1.29 is 9.21 Å². The largest absolute Gasteiger partial charge is 0.459 e. The first-order valence-electron chi connectivity index (χ1n) is 10.4. The Bertz CT molecular complexity index is 961. The fourth-order valence-corrected chi connectivity index (χ4v) is 4.51. The molecule has 1 atom stereocenters. The van der Waals surface area contributed by atoms with Crippen molar-refractivity contribution in [2.24, 2.45) is 0 Å². The van der Waals surface area contributed by atoms with Gasteiger partial charge in [0.2, 0.25) is 5.91 Å². The van der Waals surface area contributed by atoms with Crippen molar-refractivity contribution in [2.75, 3.05) is 37.6 Å². The summed E-state index contributed by atoms with van der Waals surface area (Å²) in [6.45, 7) is 8.77. The molecule has 1 aliphatic rings. The molecule has 1 fully saturated rings. The van der Waals surface area contributed by atoms with E-state index in [1.54, 1.807) is 0 Å². The number of carbonyl (C=O) groups is 1. The van der Waals surface area contributed by atoms with Crippen molar-refractivity contribution in [1.29, 1.82) is 0 Å². The summed E-state index contributed by atoms with van der Waals surface area (Å²) in [6.07, 6.45) is 0.296. The van der Waals surface area contributed by atoms with Crippen molar-refractivity contribution >= 4 is 22.9 Å². The summed E-state index contributed by atoms with van der Waals surface area (Å²) in [6, 6.07) is 14.7. The quantitative estimate of drug-likeness (QED) is 0.628. The molecule has 1 aliphatic heterocycles. The molecule has 0 saturated carbocycles. The van der Waals surface area contributed by atoms with Crippen molar-refractivity contribution in [3.63, 3.8) is 0 Å². The van der Waals surface area contributed by atoms with Crippen LogP contribution in [0.2, 0.25) is 0 Å². The number of amides is 1. The Kier molecular flexibility index (Phi) is 6.50. The minimum absolute atomic E-state index is 0.0113. The Balaban J connectivity index is 1.21. The SMILES string of the molecule is Cc1ccc(-c2nc(CC(=O)NCC(C)N3CCN(c4ccccc4)CC3)cs2)o1. The first kappa shape index (κ1) is 20.6. The van der Waals surface area contributed by atoms with Gasteiger partial charge in [-0.1, -0.05) is 18.2 Å². The number of thiazole rings is 1. The second kappa shape index (κ2) is 9.45. The van der Waals surface area contributed by atoms with E-state index in [2.05, 4.69) is 57.4 Å². The standard InChI is InChI=1S/C23H28N4O2S/c1-17(26-10-12-27(13-11-26)20-6-4-3-5-7-20)15-24-22(28)14-19-16-30-23(25-19)21-9-8-18(2)29-21/h3-9,16-17H,10-15H2,1-2H3,(H,24,28). The molecule has 2 aromatic heterocycles. The predicted molar refractivity (Wildman–Crippen MR) is 121 cm³/mol. The first-order valence-corrected chi connectivity index (χ1v) is 11.3. The monoisotopic (exact) mass is 424 g/mol. The number of piperazine rings is 1. The summed E-state index contributed by atoms with van der Waals surface area (Å²) in [7, 11) is 0. The number of aromatic nitrogens is 1.